The van der Waals surface area contributed by atoms with Crippen LogP contribution < -0.4 is 9.47 Å². The number of fused-ring (bicyclic) bond motifs is 1. The van der Waals surface area contributed by atoms with E-state index in [0.29, 0.717) is 17.9 Å². The van der Waals surface area contributed by atoms with Crippen LogP contribution in [0, 0.1) is 0 Å². The average Bonchev–Trinajstić information content (AvgIpc) is 3.80. The van der Waals surface area contributed by atoms with Crippen molar-refractivity contribution in [3.63, 3.8) is 0 Å². The summed E-state index contributed by atoms with van der Waals surface area (Å²) < 4.78 is 13.8. The predicted octanol–water partition coefficient (Wildman–Crippen LogP) is 8.13. The lowest BCUT2D eigenvalue weighted by molar-refractivity contribution is 0.0739. The molecule has 1 unspecified atom stereocenters. The van der Waals surface area contributed by atoms with E-state index in [4.69, 9.17) is 9.47 Å². The summed E-state index contributed by atoms with van der Waals surface area (Å²) in [6, 6.07) is 23.6. The molecule has 3 heterocycles. The first-order chi connectivity index (χ1) is 21.2. The Kier molecular flexibility index (Phi) is 8.87. The van der Waals surface area contributed by atoms with E-state index in [0.717, 1.165) is 42.2 Å². The second kappa shape index (κ2) is 13.3. The third-order valence-electron chi connectivity index (χ3n) is 9.64. The zero-order valence-corrected chi connectivity index (χ0v) is 26.0. The first kappa shape index (κ1) is 28.7. The Morgan fingerprint density at radius 3 is 2.30 bits per heavy atom. The quantitative estimate of drug-likeness (QED) is 0.200. The van der Waals surface area contributed by atoms with Crippen LogP contribution in [0.1, 0.15) is 62.5 Å². The number of phenols is 1. The molecular weight excluding hydrogens is 552 g/mol. The number of benzene rings is 3. The summed E-state index contributed by atoms with van der Waals surface area (Å²) in [5.41, 5.74) is 3.76. The van der Waals surface area contributed by atoms with Crippen LogP contribution in [0.25, 0.3) is 20.5 Å². The lowest BCUT2D eigenvalue weighted by Crippen LogP contribution is -2.45. The largest absolute Gasteiger partial charge is 0.508 e. The van der Waals surface area contributed by atoms with Crippen LogP contribution in [0.15, 0.2) is 66.7 Å². The maximum absolute atomic E-state index is 10.2. The molecule has 3 fully saturated rings. The van der Waals surface area contributed by atoms with Crippen molar-refractivity contribution >= 4 is 21.4 Å². The summed E-state index contributed by atoms with van der Waals surface area (Å²) in [6.07, 6.45) is 11.5. The van der Waals surface area contributed by atoms with E-state index in [-0.39, 0.29) is 0 Å². The summed E-state index contributed by atoms with van der Waals surface area (Å²) in [7, 11) is 0. The van der Waals surface area contributed by atoms with Crippen LogP contribution in [0.2, 0.25) is 0 Å². The topological polar surface area (TPSA) is 45.2 Å². The zero-order valence-electron chi connectivity index (χ0n) is 25.2. The number of ether oxygens (including phenoxy) is 2. The average molecular weight is 597 g/mol. The molecule has 43 heavy (non-hydrogen) atoms. The van der Waals surface area contributed by atoms with Gasteiger partial charge in [0.2, 0.25) is 0 Å². The molecule has 0 bridgehead atoms. The number of hydrogen-bond donors (Lipinski definition) is 1. The summed E-state index contributed by atoms with van der Waals surface area (Å²) in [6.45, 7) is 6.57. The molecule has 1 N–H and O–H groups in total. The summed E-state index contributed by atoms with van der Waals surface area (Å²) >= 11 is 1.75. The minimum Gasteiger partial charge on any atom is -0.508 e. The van der Waals surface area contributed by atoms with Crippen molar-refractivity contribution < 1.29 is 14.6 Å². The standard InChI is InChI=1S/C37H44N2O3S/c40-29-13-18-32-33(25-27-9-14-31(15-10-27)42-35-8-6-7-34(35)39-21-2-1-3-22-39)37(43-36(32)26-29)28-11-16-30(17-12-28)41-24-23-38-19-4-5-20-38/h9-18,26,34-35,40H,1-8,19-25H2/t34-,35?/m0/s1. The number of rotatable bonds is 10. The molecule has 0 radical (unpaired) electrons. The Labute approximate surface area is 260 Å². The fraction of sp³-hybridized carbons (Fsp3) is 0.459. The number of piperidine rings is 1. The molecule has 226 valence electrons. The van der Waals surface area contributed by atoms with Gasteiger partial charge in [0.05, 0.1) is 0 Å². The maximum atomic E-state index is 10.2. The lowest BCUT2D eigenvalue weighted by atomic mass is 9.98. The van der Waals surface area contributed by atoms with Gasteiger partial charge >= 0.3 is 0 Å². The predicted molar refractivity (Wildman–Crippen MR) is 177 cm³/mol. The summed E-state index contributed by atoms with van der Waals surface area (Å²) in [5, 5.41) is 11.4. The van der Waals surface area contributed by atoms with Gasteiger partial charge < -0.3 is 14.6 Å². The Bertz CT molecular complexity index is 1490. The Morgan fingerprint density at radius 2 is 1.51 bits per heavy atom. The first-order valence-corrected chi connectivity index (χ1v) is 17.2. The fourth-order valence-electron chi connectivity index (χ4n) is 7.33. The van der Waals surface area contributed by atoms with Gasteiger partial charge in [-0.05, 0) is 154 Å². The number of thiophene rings is 1. The third-order valence-corrected chi connectivity index (χ3v) is 10.9. The molecule has 0 spiro atoms. The van der Waals surface area contributed by atoms with E-state index in [2.05, 4.69) is 64.4 Å². The Morgan fingerprint density at radius 1 is 0.767 bits per heavy atom. The molecule has 1 saturated carbocycles. The highest BCUT2D eigenvalue weighted by Gasteiger charge is 2.34. The van der Waals surface area contributed by atoms with Crippen LogP contribution in [0.3, 0.4) is 0 Å². The highest BCUT2D eigenvalue weighted by Crippen LogP contribution is 2.42. The van der Waals surface area contributed by atoms with Gasteiger partial charge in [0, 0.05) is 22.2 Å². The fourth-order valence-corrected chi connectivity index (χ4v) is 8.59. The minimum atomic E-state index is 0.302. The van der Waals surface area contributed by atoms with E-state index >= 15 is 0 Å². The van der Waals surface area contributed by atoms with Gasteiger partial charge in [0.1, 0.15) is 30.0 Å². The molecule has 2 aliphatic heterocycles. The van der Waals surface area contributed by atoms with E-state index < -0.39 is 0 Å². The van der Waals surface area contributed by atoms with Crippen molar-refractivity contribution in [2.75, 3.05) is 39.3 Å². The van der Waals surface area contributed by atoms with Crippen LogP contribution >= 0.6 is 11.3 Å². The molecule has 4 aromatic rings. The highest BCUT2D eigenvalue weighted by molar-refractivity contribution is 7.22. The highest BCUT2D eigenvalue weighted by atomic mass is 32.1. The number of aromatic hydroxyl groups is 1. The number of hydrogen-bond acceptors (Lipinski definition) is 6. The summed E-state index contributed by atoms with van der Waals surface area (Å²) in [5.74, 6) is 2.21. The van der Waals surface area contributed by atoms with Gasteiger partial charge in [-0.3, -0.25) is 9.80 Å². The van der Waals surface area contributed by atoms with Crippen molar-refractivity contribution in [2.45, 2.75) is 69.9 Å². The van der Waals surface area contributed by atoms with E-state index in [9.17, 15) is 5.11 Å². The molecule has 6 heteroatoms. The van der Waals surface area contributed by atoms with Gasteiger partial charge in [0.15, 0.2) is 0 Å². The second-order valence-electron chi connectivity index (χ2n) is 12.6. The van der Waals surface area contributed by atoms with E-state index in [1.54, 1.807) is 17.4 Å². The monoisotopic (exact) mass is 596 g/mol. The van der Waals surface area contributed by atoms with Gasteiger partial charge in [-0.25, -0.2) is 0 Å². The second-order valence-corrected chi connectivity index (χ2v) is 13.6. The van der Waals surface area contributed by atoms with Gasteiger partial charge in [0.25, 0.3) is 0 Å². The molecule has 3 aliphatic rings. The van der Waals surface area contributed by atoms with Gasteiger partial charge in [-0.1, -0.05) is 18.6 Å². The SMILES string of the molecule is Oc1ccc2c(Cc3ccc(OC4CCC[C@@H]4N4CCCCC4)cc3)c(-c3ccc(OCCN4CCCC4)cc3)sc2c1. The molecule has 2 saturated heterocycles. The summed E-state index contributed by atoms with van der Waals surface area (Å²) in [4.78, 5) is 6.41. The number of likely N-dealkylation sites (tertiary alicyclic amines) is 2. The minimum absolute atomic E-state index is 0.302. The molecule has 3 aromatic carbocycles. The van der Waals surface area contributed by atoms with E-state index in [1.165, 1.54) is 98.1 Å². The molecular formula is C37H44N2O3S. The lowest BCUT2D eigenvalue weighted by Gasteiger charge is -2.35. The van der Waals surface area contributed by atoms with Crippen LogP contribution in [0.4, 0.5) is 0 Å². The van der Waals surface area contributed by atoms with Crippen LogP contribution in [-0.4, -0.2) is 66.4 Å². The number of phenolic OH excluding ortho intramolecular Hbond substituents is 1. The van der Waals surface area contributed by atoms with E-state index in [1.807, 2.05) is 6.07 Å². The first-order valence-electron chi connectivity index (χ1n) is 16.4. The Balaban J connectivity index is 1.06. The zero-order chi connectivity index (χ0) is 29.0. The van der Waals surface area contributed by atoms with Crippen molar-refractivity contribution in [1.29, 1.82) is 0 Å². The van der Waals surface area contributed by atoms with Crippen molar-refractivity contribution in [2.24, 2.45) is 0 Å². The van der Waals surface area contributed by atoms with Gasteiger partial charge in [-0.2, -0.15) is 0 Å². The van der Waals surface area contributed by atoms with Gasteiger partial charge in [-0.15, -0.1) is 11.3 Å². The smallest absolute Gasteiger partial charge is 0.119 e. The maximum Gasteiger partial charge on any atom is 0.119 e. The molecule has 7 rings (SSSR count). The number of nitrogens with zero attached hydrogens (tertiary/aromatic N) is 2. The molecule has 0 amide bonds. The Hall–Kier alpha value is -3.06. The van der Waals surface area contributed by atoms with Crippen molar-refractivity contribution in [3.8, 4) is 27.7 Å². The molecule has 5 nitrogen and oxygen atoms in total. The molecule has 1 aromatic heterocycles. The van der Waals surface area contributed by atoms with Crippen LogP contribution in [-0.2, 0) is 6.42 Å². The molecule has 1 aliphatic carbocycles. The third kappa shape index (κ3) is 6.72. The van der Waals surface area contributed by atoms with Crippen LogP contribution in [0.5, 0.6) is 17.2 Å². The van der Waals surface area contributed by atoms with Crippen molar-refractivity contribution in [1.82, 2.24) is 9.80 Å². The molecule has 2 atom stereocenters. The normalized spacial score (nSPS) is 21.5. The van der Waals surface area contributed by atoms with Crippen molar-refractivity contribution in [3.05, 3.63) is 77.9 Å².